The fraction of sp³-hybridized carbons (Fsp3) is 0.409. The zero-order chi connectivity index (χ0) is 22.1. The van der Waals surface area contributed by atoms with Crippen molar-refractivity contribution in [1.82, 2.24) is 14.1 Å². The third-order valence-electron chi connectivity index (χ3n) is 5.81. The third kappa shape index (κ3) is 4.05. The zero-order valence-corrected chi connectivity index (χ0v) is 18.1. The molecule has 1 fully saturated rings. The number of rotatable bonds is 5. The number of pyridine rings is 1. The molecule has 4 rings (SSSR count). The number of nitrogens with zero attached hydrogens (tertiary/aromatic N) is 3. The van der Waals surface area contributed by atoms with Crippen molar-refractivity contribution >= 4 is 28.7 Å². The number of imidazole rings is 1. The number of methoxy groups -OCH3 is 2. The van der Waals surface area contributed by atoms with Crippen LogP contribution >= 0.6 is 11.6 Å². The lowest BCUT2D eigenvalue weighted by Gasteiger charge is -2.26. The van der Waals surface area contributed by atoms with E-state index < -0.39 is 5.97 Å². The van der Waals surface area contributed by atoms with Crippen LogP contribution in [0.5, 0.6) is 5.75 Å². The molecule has 31 heavy (non-hydrogen) atoms. The highest BCUT2D eigenvalue weighted by Gasteiger charge is 2.27. The molecule has 0 bridgehead atoms. The number of halogens is 1. The second kappa shape index (κ2) is 8.72. The molecule has 0 spiro atoms. The van der Waals surface area contributed by atoms with E-state index in [1.165, 1.54) is 13.3 Å². The van der Waals surface area contributed by atoms with Gasteiger partial charge in [-0.1, -0.05) is 17.7 Å². The normalized spacial score (nSPS) is 18.8. The van der Waals surface area contributed by atoms with Gasteiger partial charge >= 0.3 is 11.7 Å². The summed E-state index contributed by atoms with van der Waals surface area (Å²) in [5.41, 5.74) is 1.93. The Kier molecular flexibility index (Phi) is 6.02. The van der Waals surface area contributed by atoms with E-state index in [4.69, 9.17) is 21.1 Å². The van der Waals surface area contributed by atoms with Crippen molar-refractivity contribution in [1.29, 1.82) is 0 Å². The van der Waals surface area contributed by atoms with Crippen molar-refractivity contribution in [3.63, 3.8) is 0 Å². The van der Waals surface area contributed by atoms with E-state index in [2.05, 4.69) is 4.98 Å². The molecule has 0 aliphatic heterocycles. The monoisotopic (exact) mass is 445 g/mol. The Morgan fingerprint density at radius 1 is 1.23 bits per heavy atom. The lowest BCUT2D eigenvalue weighted by atomic mass is 9.93. The number of hydrogen-bond acceptors (Lipinski definition) is 6. The average molecular weight is 446 g/mol. The largest absolute Gasteiger partial charge is 0.495 e. The second-order valence-corrected chi connectivity index (χ2v) is 8.14. The molecule has 8 nitrogen and oxygen atoms in total. The number of esters is 1. The molecule has 1 aromatic carbocycles. The Labute approximate surface area is 184 Å². The lowest BCUT2D eigenvalue weighted by molar-refractivity contribution is 0.0600. The standard InChI is InChI=1S/C22H24ClN3O5/c1-30-19-8-3-13(9-17(19)23)12-25-18-10-14(21(28)31-2)11-24-20(18)26(22(25)29)15-4-6-16(27)7-5-15/h3,8-11,15-16,27H,4-7,12H2,1-2H3. The molecule has 1 aliphatic rings. The SMILES string of the molecule is COC(=O)c1cnc2c(c1)n(Cc1ccc(OC)c(Cl)c1)c(=O)n2C1CCC(O)CC1. The number of aliphatic hydroxyl groups excluding tert-OH is 1. The Hall–Kier alpha value is -2.84. The maximum atomic E-state index is 13.5. The molecule has 9 heteroatoms. The average Bonchev–Trinajstić information content (AvgIpc) is 3.04. The summed E-state index contributed by atoms with van der Waals surface area (Å²) in [7, 11) is 2.84. The smallest absolute Gasteiger partial charge is 0.339 e. The van der Waals surface area contributed by atoms with Crippen LogP contribution in [-0.2, 0) is 11.3 Å². The van der Waals surface area contributed by atoms with Crippen molar-refractivity contribution in [3.05, 3.63) is 57.1 Å². The summed E-state index contributed by atoms with van der Waals surface area (Å²) in [4.78, 5) is 30.0. The first kappa shape index (κ1) is 21.4. The number of benzene rings is 1. The molecule has 0 atom stereocenters. The number of carbonyl (C=O) groups excluding carboxylic acids is 1. The number of aliphatic hydroxyl groups is 1. The van der Waals surface area contributed by atoms with Gasteiger partial charge in [0.25, 0.3) is 0 Å². The van der Waals surface area contributed by atoms with E-state index in [-0.39, 0.29) is 29.9 Å². The van der Waals surface area contributed by atoms with Crippen LogP contribution in [0.15, 0.2) is 35.3 Å². The van der Waals surface area contributed by atoms with Crippen molar-refractivity contribution in [2.45, 2.75) is 44.4 Å². The number of ether oxygens (including phenoxy) is 2. The third-order valence-corrected chi connectivity index (χ3v) is 6.11. The van der Waals surface area contributed by atoms with Gasteiger partial charge in [0, 0.05) is 12.2 Å². The van der Waals surface area contributed by atoms with Gasteiger partial charge in [-0.25, -0.2) is 14.6 Å². The summed E-state index contributed by atoms with van der Waals surface area (Å²) in [5, 5.41) is 10.3. The Morgan fingerprint density at radius 3 is 2.61 bits per heavy atom. The molecule has 1 N–H and O–H groups in total. The van der Waals surface area contributed by atoms with Crippen molar-refractivity contribution in [3.8, 4) is 5.75 Å². The van der Waals surface area contributed by atoms with Crippen molar-refractivity contribution in [2.75, 3.05) is 14.2 Å². The summed E-state index contributed by atoms with van der Waals surface area (Å²) in [6.45, 7) is 0.258. The summed E-state index contributed by atoms with van der Waals surface area (Å²) < 4.78 is 13.3. The predicted octanol–water partition coefficient (Wildman–Crippen LogP) is 3.17. The maximum Gasteiger partial charge on any atom is 0.339 e. The van der Waals surface area contributed by atoms with Crippen molar-refractivity contribution < 1.29 is 19.4 Å². The Morgan fingerprint density at radius 2 is 1.97 bits per heavy atom. The highest BCUT2D eigenvalue weighted by atomic mass is 35.5. The van der Waals surface area contributed by atoms with Gasteiger partial charge in [0.05, 0.1) is 43.0 Å². The molecular weight excluding hydrogens is 422 g/mol. The number of carbonyl (C=O) groups is 1. The van der Waals surface area contributed by atoms with Gasteiger partial charge in [0.15, 0.2) is 5.65 Å². The Bertz CT molecular complexity index is 1180. The fourth-order valence-corrected chi connectivity index (χ4v) is 4.45. The molecule has 0 radical (unpaired) electrons. The molecule has 0 amide bonds. The van der Waals surface area contributed by atoms with Crippen molar-refractivity contribution in [2.24, 2.45) is 0 Å². The molecular formula is C22H24ClN3O5. The number of aromatic nitrogens is 3. The summed E-state index contributed by atoms with van der Waals surface area (Å²) in [5.74, 6) is 0.0324. The molecule has 164 valence electrons. The first-order valence-electron chi connectivity index (χ1n) is 10.1. The van der Waals surface area contributed by atoms with Crippen LogP contribution in [0.2, 0.25) is 5.02 Å². The molecule has 0 saturated heterocycles. The second-order valence-electron chi connectivity index (χ2n) is 7.73. The summed E-state index contributed by atoms with van der Waals surface area (Å²) in [6.07, 6.45) is 3.75. The molecule has 2 aromatic heterocycles. The van der Waals surface area contributed by atoms with Gasteiger partial charge < -0.3 is 14.6 Å². The van der Waals surface area contributed by atoms with Crippen LogP contribution in [0.25, 0.3) is 11.2 Å². The van der Waals surface area contributed by atoms with Gasteiger partial charge in [0.1, 0.15) is 5.75 Å². The minimum absolute atomic E-state index is 0.0596. The van der Waals surface area contributed by atoms with Crippen LogP contribution in [-0.4, -0.2) is 45.5 Å². The van der Waals surface area contributed by atoms with Gasteiger partial charge in [0.2, 0.25) is 0 Å². The summed E-state index contributed by atoms with van der Waals surface area (Å²) in [6, 6.07) is 6.92. The van der Waals surface area contributed by atoms with E-state index in [1.807, 2.05) is 6.07 Å². The van der Waals surface area contributed by atoms with Crippen LogP contribution < -0.4 is 10.4 Å². The van der Waals surface area contributed by atoms with Gasteiger partial charge in [-0.05, 0) is 49.4 Å². The minimum atomic E-state index is -0.519. The van der Waals surface area contributed by atoms with E-state index in [0.717, 1.165) is 5.56 Å². The fourth-order valence-electron chi connectivity index (χ4n) is 4.17. The first-order chi connectivity index (χ1) is 14.9. The first-order valence-corrected chi connectivity index (χ1v) is 10.5. The number of fused-ring (bicyclic) bond motifs is 1. The molecule has 2 heterocycles. The van der Waals surface area contributed by atoms with E-state index >= 15 is 0 Å². The Balaban J connectivity index is 1.84. The topological polar surface area (TPSA) is 95.6 Å². The highest BCUT2D eigenvalue weighted by molar-refractivity contribution is 6.32. The summed E-state index contributed by atoms with van der Waals surface area (Å²) >= 11 is 6.27. The maximum absolute atomic E-state index is 13.5. The van der Waals surface area contributed by atoms with E-state index in [1.54, 1.807) is 34.4 Å². The molecule has 0 unspecified atom stereocenters. The number of hydrogen-bond donors (Lipinski definition) is 1. The zero-order valence-electron chi connectivity index (χ0n) is 17.4. The quantitative estimate of drug-likeness (QED) is 0.606. The minimum Gasteiger partial charge on any atom is -0.495 e. The van der Waals surface area contributed by atoms with E-state index in [0.29, 0.717) is 47.6 Å². The van der Waals surface area contributed by atoms with Crippen LogP contribution in [0.4, 0.5) is 0 Å². The van der Waals surface area contributed by atoms with Crippen LogP contribution in [0.1, 0.15) is 47.6 Å². The van der Waals surface area contributed by atoms with Gasteiger partial charge in [-0.2, -0.15) is 0 Å². The molecule has 3 aromatic rings. The molecule has 1 saturated carbocycles. The predicted molar refractivity (Wildman–Crippen MR) is 116 cm³/mol. The van der Waals surface area contributed by atoms with Crippen LogP contribution in [0.3, 0.4) is 0 Å². The molecule has 1 aliphatic carbocycles. The van der Waals surface area contributed by atoms with E-state index in [9.17, 15) is 14.7 Å². The van der Waals surface area contributed by atoms with Gasteiger partial charge in [-0.3, -0.25) is 9.13 Å². The lowest BCUT2D eigenvalue weighted by Crippen LogP contribution is -2.31. The van der Waals surface area contributed by atoms with Gasteiger partial charge in [-0.15, -0.1) is 0 Å². The van der Waals surface area contributed by atoms with Crippen LogP contribution in [0, 0.1) is 0 Å². The highest BCUT2D eigenvalue weighted by Crippen LogP contribution is 2.31.